The molecule has 1 N–H and O–H groups in total. The van der Waals surface area contributed by atoms with E-state index in [1.807, 2.05) is 12.1 Å². The summed E-state index contributed by atoms with van der Waals surface area (Å²) in [5, 5.41) is 17.1. The van der Waals surface area contributed by atoms with Crippen molar-refractivity contribution in [2.75, 3.05) is 6.61 Å². The lowest BCUT2D eigenvalue weighted by Gasteiger charge is -1.90. The molecule has 0 atom stereocenters. The summed E-state index contributed by atoms with van der Waals surface area (Å²) in [5.41, 5.74) is 1.39. The molecule has 0 aliphatic carbocycles. The number of diazo groups is 1. The minimum Gasteiger partial charge on any atom is -1.00 e. The van der Waals surface area contributed by atoms with Gasteiger partial charge < -0.3 is 17.5 Å². The van der Waals surface area contributed by atoms with E-state index in [0.29, 0.717) is 12.1 Å². The molecular weight excluding hydrogens is 176 g/mol. The molecule has 1 aromatic carbocycles. The summed E-state index contributed by atoms with van der Waals surface area (Å²) >= 11 is 0. The van der Waals surface area contributed by atoms with Gasteiger partial charge in [0.2, 0.25) is 5.39 Å². The van der Waals surface area contributed by atoms with Gasteiger partial charge in [-0.3, -0.25) is 0 Å². The molecule has 1 rings (SSSR count). The molecule has 64 valence electrons. The lowest BCUT2D eigenvalue weighted by molar-refractivity contribution is -0.00000364. The van der Waals surface area contributed by atoms with Gasteiger partial charge in [0, 0.05) is 24.7 Å². The van der Waals surface area contributed by atoms with Crippen LogP contribution in [0.25, 0.3) is 4.98 Å². The van der Waals surface area contributed by atoms with Crippen molar-refractivity contribution in [3.63, 3.8) is 0 Å². The molecule has 0 radical (unpaired) electrons. The molecular formula is C8H9ClN2O. The highest BCUT2D eigenvalue weighted by atomic mass is 35.5. The summed E-state index contributed by atoms with van der Waals surface area (Å²) in [6.07, 6.45) is 0.528. The highest BCUT2D eigenvalue weighted by molar-refractivity contribution is 5.51. The molecule has 1 aromatic rings. The molecule has 0 amide bonds. The van der Waals surface area contributed by atoms with E-state index in [-0.39, 0.29) is 19.0 Å². The van der Waals surface area contributed by atoms with Gasteiger partial charge in [-0.15, -0.1) is 0 Å². The van der Waals surface area contributed by atoms with Crippen molar-refractivity contribution in [3.05, 3.63) is 34.8 Å². The molecule has 0 unspecified atom stereocenters. The Hall–Kier alpha value is -1.11. The second-order valence-electron chi connectivity index (χ2n) is 2.20. The van der Waals surface area contributed by atoms with Crippen molar-refractivity contribution in [1.82, 2.24) is 0 Å². The van der Waals surface area contributed by atoms with Crippen molar-refractivity contribution in [2.24, 2.45) is 0 Å². The van der Waals surface area contributed by atoms with Gasteiger partial charge in [0.25, 0.3) is 0 Å². The highest BCUT2D eigenvalue weighted by Gasteiger charge is 2.09. The van der Waals surface area contributed by atoms with Crippen molar-refractivity contribution in [2.45, 2.75) is 6.42 Å². The lowest BCUT2D eigenvalue weighted by atomic mass is 10.1. The maximum Gasteiger partial charge on any atom is 0.388 e. The number of hydrogen-bond acceptors (Lipinski definition) is 2. The second-order valence-corrected chi connectivity index (χ2v) is 2.20. The van der Waals surface area contributed by atoms with Crippen LogP contribution in [0.5, 0.6) is 0 Å². The maximum absolute atomic E-state index is 8.62. The Balaban J connectivity index is 0.00000121. The lowest BCUT2D eigenvalue weighted by Crippen LogP contribution is -3.00. The monoisotopic (exact) mass is 184 g/mol. The zero-order chi connectivity index (χ0) is 8.10. The Labute approximate surface area is 77.1 Å². The van der Waals surface area contributed by atoms with Gasteiger partial charge in [-0.2, -0.15) is 0 Å². The van der Waals surface area contributed by atoms with Crippen LogP contribution in [0, 0.1) is 5.39 Å². The largest absolute Gasteiger partial charge is 1.00 e. The van der Waals surface area contributed by atoms with Crippen LogP contribution in [0.3, 0.4) is 0 Å². The van der Waals surface area contributed by atoms with Gasteiger partial charge in [0.05, 0.1) is 0 Å². The average Bonchev–Trinajstić information content (AvgIpc) is 2.06. The van der Waals surface area contributed by atoms with E-state index in [2.05, 4.69) is 4.98 Å². The smallest absolute Gasteiger partial charge is 0.388 e. The summed E-state index contributed by atoms with van der Waals surface area (Å²) in [4.78, 5) is 3.08. The Bertz CT molecular complexity index is 283. The van der Waals surface area contributed by atoms with Crippen LogP contribution in [0.4, 0.5) is 5.69 Å². The first-order valence-corrected chi connectivity index (χ1v) is 3.42. The van der Waals surface area contributed by atoms with E-state index in [9.17, 15) is 0 Å². The fourth-order valence-electron chi connectivity index (χ4n) is 0.940. The molecule has 0 aliphatic heterocycles. The summed E-state index contributed by atoms with van der Waals surface area (Å²) < 4.78 is 0. The molecule has 0 saturated carbocycles. The Kier molecular flexibility index (Phi) is 5.02. The van der Waals surface area contributed by atoms with Crippen LogP contribution >= 0.6 is 0 Å². The number of hydrogen-bond donors (Lipinski definition) is 1. The average molecular weight is 185 g/mol. The normalized spacial score (nSPS) is 8.33. The Morgan fingerprint density at radius 2 is 2.00 bits per heavy atom. The molecule has 0 aromatic heterocycles. The van der Waals surface area contributed by atoms with Crippen LogP contribution in [0.15, 0.2) is 24.3 Å². The van der Waals surface area contributed by atoms with Crippen LogP contribution in [-0.4, -0.2) is 11.7 Å². The van der Waals surface area contributed by atoms with Crippen molar-refractivity contribution < 1.29 is 17.5 Å². The first-order chi connectivity index (χ1) is 5.38. The van der Waals surface area contributed by atoms with Crippen LogP contribution in [0.1, 0.15) is 5.56 Å². The number of nitrogens with zero attached hydrogens (tertiary/aromatic N) is 2. The Morgan fingerprint density at radius 1 is 1.33 bits per heavy atom. The van der Waals surface area contributed by atoms with Crippen molar-refractivity contribution >= 4 is 5.69 Å². The number of aliphatic hydroxyl groups is 1. The second kappa shape index (κ2) is 5.53. The minimum absolute atomic E-state index is 0. The van der Waals surface area contributed by atoms with Gasteiger partial charge in [0.1, 0.15) is 0 Å². The molecule has 0 heterocycles. The number of aliphatic hydroxyl groups excluding tert-OH is 1. The SMILES string of the molecule is N#[N+]c1ccccc1CCO.[Cl-]. The van der Waals surface area contributed by atoms with E-state index in [1.54, 1.807) is 12.1 Å². The number of benzene rings is 1. The van der Waals surface area contributed by atoms with E-state index >= 15 is 0 Å². The molecule has 0 aliphatic rings. The van der Waals surface area contributed by atoms with Gasteiger partial charge in [-0.25, -0.2) is 0 Å². The van der Waals surface area contributed by atoms with Crippen LogP contribution < -0.4 is 12.4 Å². The van der Waals surface area contributed by atoms with Crippen LogP contribution in [-0.2, 0) is 6.42 Å². The van der Waals surface area contributed by atoms with Crippen molar-refractivity contribution in [3.8, 4) is 0 Å². The summed E-state index contributed by atoms with van der Waals surface area (Å²) in [7, 11) is 0. The van der Waals surface area contributed by atoms with E-state index < -0.39 is 0 Å². The predicted octanol–water partition coefficient (Wildman–Crippen LogP) is -1.29. The van der Waals surface area contributed by atoms with E-state index in [0.717, 1.165) is 5.56 Å². The van der Waals surface area contributed by atoms with Crippen molar-refractivity contribution in [1.29, 1.82) is 5.39 Å². The molecule has 0 fully saturated rings. The molecule has 4 heteroatoms. The predicted molar refractivity (Wildman–Crippen MR) is 42.0 cm³/mol. The van der Waals surface area contributed by atoms with Gasteiger partial charge >= 0.3 is 5.69 Å². The van der Waals surface area contributed by atoms with E-state index in [4.69, 9.17) is 10.5 Å². The molecule has 0 saturated heterocycles. The highest BCUT2D eigenvalue weighted by Crippen LogP contribution is 2.18. The first-order valence-electron chi connectivity index (χ1n) is 3.42. The number of halogens is 1. The molecule has 3 nitrogen and oxygen atoms in total. The minimum atomic E-state index is 0. The third-order valence-electron chi connectivity index (χ3n) is 1.48. The summed E-state index contributed by atoms with van der Waals surface area (Å²) in [6.45, 7) is 0.0759. The summed E-state index contributed by atoms with van der Waals surface area (Å²) in [6, 6.07) is 7.16. The fraction of sp³-hybridized carbons (Fsp3) is 0.250. The fourth-order valence-corrected chi connectivity index (χ4v) is 0.940. The van der Waals surface area contributed by atoms with Crippen LogP contribution in [0.2, 0.25) is 0 Å². The van der Waals surface area contributed by atoms with Gasteiger partial charge in [0.15, 0.2) is 4.98 Å². The zero-order valence-corrected chi connectivity index (χ0v) is 7.20. The third-order valence-corrected chi connectivity index (χ3v) is 1.48. The third kappa shape index (κ3) is 2.50. The zero-order valence-electron chi connectivity index (χ0n) is 6.44. The molecule has 0 spiro atoms. The maximum atomic E-state index is 8.62. The standard InChI is InChI=1S/C8H9N2O.ClH/c9-10-8-4-2-1-3-7(8)5-6-11;/h1-4,11H,5-6H2;1H/q+1;/p-1. The molecule has 12 heavy (non-hydrogen) atoms. The summed E-state index contributed by atoms with van der Waals surface area (Å²) in [5.74, 6) is 0. The van der Waals surface area contributed by atoms with Gasteiger partial charge in [-0.1, -0.05) is 18.2 Å². The first kappa shape index (κ1) is 10.9. The molecule has 0 bridgehead atoms. The Morgan fingerprint density at radius 3 is 2.58 bits per heavy atom. The van der Waals surface area contributed by atoms with E-state index in [1.165, 1.54) is 0 Å². The number of rotatable bonds is 2. The topological polar surface area (TPSA) is 48.4 Å². The van der Waals surface area contributed by atoms with Gasteiger partial charge in [-0.05, 0) is 0 Å². The quantitative estimate of drug-likeness (QED) is 0.582.